The van der Waals surface area contributed by atoms with Crippen molar-refractivity contribution in [3.05, 3.63) is 0 Å². The minimum Gasteiger partial charge on any atom is -0.479 e. The fraction of sp³-hybridized carbons (Fsp3) is 0.900. The predicted octanol–water partition coefficient (Wildman–Crippen LogP) is 1.21. The number of hydrogen-bond acceptors (Lipinski definition) is 3. The summed E-state index contributed by atoms with van der Waals surface area (Å²) in [5.41, 5.74) is 0. The highest BCUT2D eigenvalue weighted by Gasteiger charge is 2.17. The van der Waals surface area contributed by atoms with E-state index in [0.717, 1.165) is 19.5 Å². The lowest BCUT2D eigenvalue weighted by Gasteiger charge is -2.18. The minimum atomic E-state index is -0.864. The summed E-state index contributed by atoms with van der Waals surface area (Å²) in [6, 6.07) is 0. The molecule has 0 spiro atoms. The van der Waals surface area contributed by atoms with Crippen LogP contribution in [0.15, 0.2) is 0 Å². The molecule has 0 aliphatic rings. The minimum absolute atomic E-state index is 0.453. The molecule has 4 nitrogen and oxygen atoms in total. The summed E-state index contributed by atoms with van der Waals surface area (Å²) in [5.74, 6) is -0.864. The van der Waals surface area contributed by atoms with Gasteiger partial charge < -0.3 is 14.7 Å². The summed E-state index contributed by atoms with van der Waals surface area (Å²) in [7, 11) is 1.99. The maximum atomic E-state index is 10.7. The summed E-state index contributed by atoms with van der Waals surface area (Å²) in [5, 5.41) is 8.80. The Hall–Kier alpha value is -0.610. The van der Waals surface area contributed by atoms with E-state index < -0.39 is 12.1 Å². The molecule has 0 aliphatic heterocycles. The lowest BCUT2D eigenvalue weighted by atomic mass is 10.2. The molecular formula is C10H21NO3. The van der Waals surface area contributed by atoms with Gasteiger partial charge in [-0.3, -0.25) is 0 Å². The van der Waals surface area contributed by atoms with Crippen LogP contribution in [0.4, 0.5) is 0 Å². The summed E-state index contributed by atoms with van der Waals surface area (Å²) >= 11 is 0. The highest BCUT2D eigenvalue weighted by atomic mass is 16.5. The van der Waals surface area contributed by atoms with Gasteiger partial charge in [0.2, 0.25) is 0 Å². The number of carboxylic acid groups (broad SMARTS) is 1. The van der Waals surface area contributed by atoms with Crippen LogP contribution in [0.5, 0.6) is 0 Å². The van der Waals surface area contributed by atoms with Crippen molar-refractivity contribution < 1.29 is 14.6 Å². The molecule has 1 atom stereocenters. The van der Waals surface area contributed by atoms with Gasteiger partial charge in [-0.15, -0.1) is 0 Å². The van der Waals surface area contributed by atoms with Crippen molar-refractivity contribution in [1.29, 1.82) is 0 Å². The molecule has 0 saturated carbocycles. The summed E-state index contributed by atoms with van der Waals surface area (Å²) in [6.45, 7) is 6.14. The molecular weight excluding hydrogens is 182 g/mol. The Morgan fingerprint density at radius 1 is 1.43 bits per heavy atom. The molecule has 0 amide bonds. The predicted molar refractivity (Wildman–Crippen MR) is 55.5 cm³/mol. The van der Waals surface area contributed by atoms with Gasteiger partial charge >= 0.3 is 5.97 Å². The van der Waals surface area contributed by atoms with E-state index in [-0.39, 0.29) is 0 Å². The Morgan fingerprint density at radius 3 is 2.50 bits per heavy atom. The third-order valence-electron chi connectivity index (χ3n) is 2.02. The summed E-state index contributed by atoms with van der Waals surface area (Å²) in [6.07, 6.45) is 0.988. The third-order valence-corrected chi connectivity index (χ3v) is 2.02. The van der Waals surface area contributed by atoms with Crippen LogP contribution in [0, 0.1) is 0 Å². The first kappa shape index (κ1) is 13.4. The Morgan fingerprint density at radius 2 is 2.07 bits per heavy atom. The topological polar surface area (TPSA) is 49.8 Å². The first-order valence-corrected chi connectivity index (χ1v) is 5.14. The molecule has 0 aliphatic carbocycles. The van der Waals surface area contributed by atoms with Gasteiger partial charge in [0.15, 0.2) is 6.10 Å². The molecule has 0 heterocycles. The number of carboxylic acids is 1. The summed E-state index contributed by atoms with van der Waals surface area (Å²) in [4.78, 5) is 12.8. The Balaban J connectivity index is 3.75. The monoisotopic (exact) mass is 203 g/mol. The van der Waals surface area contributed by atoms with E-state index in [1.165, 1.54) is 0 Å². The third kappa shape index (κ3) is 5.94. The quantitative estimate of drug-likeness (QED) is 0.644. The second kappa shape index (κ2) is 7.76. The molecule has 0 bridgehead atoms. The van der Waals surface area contributed by atoms with Crippen molar-refractivity contribution in [3.8, 4) is 0 Å². The maximum absolute atomic E-state index is 10.7. The Labute approximate surface area is 85.9 Å². The number of carbonyl (C=O) groups is 1. The van der Waals surface area contributed by atoms with Crippen LogP contribution in [0.3, 0.4) is 0 Å². The SMILES string of the molecule is CCCN(C)CCC(OCC)C(=O)O. The van der Waals surface area contributed by atoms with Crippen molar-refractivity contribution in [1.82, 2.24) is 4.90 Å². The van der Waals surface area contributed by atoms with E-state index in [4.69, 9.17) is 9.84 Å². The molecule has 0 radical (unpaired) electrons. The number of hydrogen-bond donors (Lipinski definition) is 1. The standard InChI is InChI=1S/C10H21NO3/c1-4-7-11(3)8-6-9(10(12)13)14-5-2/h9H,4-8H2,1-3H3,(H,12,13). The van der Waals surface area contributed by atoms with Crippen molar-refractivity contribution in [2.24, 2.45) is 0 Å². The van der Waals surface area contributed by atoms with Gasteiger partial charge in [-0.2, -0.15) is 0 Å². The molecule has 1 N–H and O–H groups in total. The second-order valence-electron chi connectivity index (χ2n) is 3.37. The Bertz CT molecular complexity index is 161. The van der Waals surface area contributed by atoms with Crippen LogP contribution < -0.4 is 0 Å². The van der Waals surface area contributed by atoms with Gasteiger partial charge in [0.1, 0.15) is 0 Å². The van der Waals surface area contributed by atoms with Crippen molar-refractivity contribution >= 4 is 5.97 Å². The highest BCUT2D eigenvalue weighted by molar-refractivity contribution is 5.72. The van der Waals surface area contributed by atoms with Crippen molar-refractivity contribution in [2.75, 3.05) is 26.7 Å². The normalized spacial score (nSPS) is 13.1. The van der Waals surface area contributed by atoms with Crippen LogP contribution >= 0.6 is 0 Å². The first-order valence-electron chi connectivity index (χ1n) is 5.14. The zero-order valence-corrected chi connectivity index (χ0v) is 9.32. The number of ether oxygens (including phenoxy) is 1. The highest BCUT2D eigenvalue weighted by Crippen LogP contribution is 2.01. The van der Waals surface area contributed by atoms with E-state index in [0.29, 0.717) is 13.0 Å². The molecule has 14 heavy (non-hydrogen) atoms. The number of rotatable bonds is 8. The molecule has 0 aromatic heterocycles. The second-order valence-corrected chi connectivity index (χ2v) is 3.37. The van der Waals surface area contributed by atoms with Crippen molar-refractivity contribution in [3.63, 3.8) is 0 Å². The zero-order valence-electron chi connectivity index (χ0n) is 9.32. The average Bonchev–Trinajstić information content (AvgIpc) is 2.12. The van der Waals surface area contributed by atoms with E-state index in [9.17, 15) is 4.79 Å². The zero-order chi connectivity index (χ0) is 11.0. The Kier molecular flexibility index (Phi) is 7.42. The van der Waals surface area contributed by atoms with E-state index in [1.54, 1.807) is 0 Å². The number of aliphatic carboxylic acids is 1. The smallest absolute Gasteiger partial charge is 0.332 e. The first-order chi connectivity index (χ1) is 6.61. The lowest BCUT2D eigenvalue weighted by Crippen LogP contribution is -2.30. The molecule has 84 valence electrons. The fourth-order valence-corrected chi connectivity index (χ4v) is 1.31. The van der Waals surface area contributed by atoms with E-state index in [1.807, 2.05) is 14.0 Å². The largest absolute Gasteiger partial charge is 0.479 e. The van der Waals surface area contributed by atoms with Gasteiger partial charge in [0.25, 0.3) is 0 Å². The molecule has 0 fully saturated rings. The fourth-order valence-electron chi connectivity index (χ4n) is 1.31. The van der Waals surface area contributed by atoms with Crippen LogP contribution in [-0.2, 0) is 9.53 Å². The molecule has 0 rings (SSSR count). The van der Waals surface area contributed by atoms with Gasteiger partial charge in [-0.25, -0.2) is 4.79 Å². The molecule has 0 aromatic carbocycles. The van der Waals surface area contributed by atoms with Gasteiger partial charge in [-0.1, -0.05) is 6.92 Å². The van der Waals surface area contributed by atoms with Gasteiger partial charge in [0.05, 0.1) is 0 Å². The molecule has 0 aromatic rings. The van der Waals surface area contributed by atoms with Gasteiger partial charge in [-0.05, 0) is 33.4 Å². The van der Waals surface area contributed by atoms with E-state index >= 15 is 0 Å². The maximum Gasteiger partial charge on any atom is 0.332 e. The average molecular weight is 203 g/mol. The van der Waals surface area contributed by atoms with Crippen LogP contribution in [0.2, 0.25) is 0 Å². The van der Waals surface area contributed by atoms with Crippen LogP contribution in [0.1, 0.15) is 26.7 Å². The van der Waals surface area contributed by atoms with Crippen LogP contribution in [-0.4, -0.2) is 48.8 Å². The van der Waals surface area contributed by atoms with Gasteiger partial charge in [0, 0.05) is 13.2 Å². The number of nitrogens with zero attached hydrogens (tertiary/aromatic N) is 1. The van der Waals surface area contributed by atoms with Crippen molar-refractivity contribution in [2.45, 2.75) is 32.8 Å². The molecule has 1 unspecified atom stereocenters. The summed E-state index contributed by atoms with van der Waals surface area (Å²) < 4.78 is 5.11. The molecule has 0 saturated heterocycles. The lowest BCUT2D eigenvalue weighted by molar-refractivity contribution is -0.150. The molecule has 4 heteroatoms. The van der Waals surface area contributed by atoms with Crippen LogP contribution in [0.25, 0.3) is 0 Å². The van der Waals surface area contributed by atoms with E-state index in [2.05, 4.69) is 11.8 Å².